The SMILES string of the molecule is C=CCNC(=O)C(C#N)CCC1SC(CCNc2ccc3[nH]cc(C(=O)N(C)CCN(C)C)c3c2)C(=O)N1CC. The van der Waals surface area contributed by atoms with Gasteiger partial charge in [0.1, 0.15) is 5.92 Å². The van der Waals surface area contributed by atoms with E-state index in [1.807, 2.05) is 56.1 Å². The van der Waals surface area contributed by atoms with E-state index in [2.05, 4.69) is 28.3 Å². The normalized spacial score (nSPS) is 17.6. The van der Waals surface area contributed by atoms with Gasteiger partial charge in [0.15, 0.2) is 0 Å². The highest BCUT2D eigenvalue weighted by Crippen LogP contribution is 2.36. The van der Waals surface area contributed by atoms with E-state index in [1.54, 1.807) is 28.9 Å². The monoisotopic (exact) mass is 567 g/mol. The van der Waals surface area contributed by atoms with Gasteiger partial charge >= 0.3 is 0 Å². The van der Waals surface area contributed by atoms with Crippen LogP contribution in [0.3, 0.4) is 0 Å². The minimum atomic E-state index is -0.747. The van der Waals surface area contributed by atoms with Crippen molar-refractivity contribution in [1.82, 2.24) is 25.0 Å². The average molecular weight is 568 g/mol. The minimum absolute atomic E-state index is 0.0271. The first-order valence-electron chi connectivity index (χ1n) is 13.7. The van der Waals surface area contributed by atoms with Crippen molar-refractivity contribution < 1.29 is 14.4 Å². The maximum atomic E-state index is 13.1. The molecule has 11 heteroatoms. The number of H-pyrrole nitrogens is 1. The zero-order valence-corrected chi connectivity index (χ0v) is 24.7. The number of aromatic amines is 1. The molecule has 0 radical (unpaired) electrons. The molecular weight excluding hydrogens is 526 g/mol. The van der Waals surface area contributed by atoms with Gasteiger partial charge in [0, 0.05) is 62.6 Å². The molecule has 3 N–H and O–H groups in total. The number of hydrogen-bond acceptors (Lipinski definition) is 7. The summed E-state index contributed by atoms with van der Waals surface area (Å²) in [5.74, 6) is -0.979. The number of nitrogens with zero attached hydrogens (tertiary/aromatic N) is 4. The summed E-state index contributed by atoms with van der Waals surface area (Å²) in [6, 6.07) is 7.98. The third-order valence-corrected chi connectivity index (χ3v) is 8.61. The molecule has 1 aromatic carbocycles. The molecular formula is C29H41N7O3S. The molecule has 0 aliphatic carbocycles. The van der Waals surface area contributed by atoms with E-state index in [4.69, 9.17) is 0 Å². The zero-order chi connectivity index (χ0) is 29.2. The third kappa shape index (κ3) is 7.79. The topological polar surface area (TPSA) is 125 Å². The van der Waals surface area contributed by atoms with Gasteiger partial charge in [-0.3, -0.25) is 14.4 Å². The van der Waals surface area contributed by atoms with Gasteiger partial charge in [-0.1, -0.05) is 6.08 Å². The van der Waals surface area contributed by atoms with Gasteiger partial charge in [0.25, 0.3) is 5.91 Å². The largest absolute Gasteiger partial charge is 0.385 e. The van der Waals surface area contributed by atoms with Crippen LogP contribution in [-0.2, 0) is 9.59 Å². The van der Waals surface area contributed by atoms with Crippen molar-refractivity contribution in [2.24, 2.45) is 5.92 Å². The van der Waals surface area contributed by atoms with Crippen molar-refractivity contribution in [3.63, 3.8) is 0 Å². The van der Waals surface area contributed by atoms with Crippen LogP contribution in [0, 0.1) is 17.2 Å². The predicted octanol–water partition coefficient (Wildman–Crippen LogP) is 3.12. The second-order valence-corrected chi connectivity index (χ2v) is 11.6. The number of nitrogens with one attached hydrogen (secondary N) is 3. The molecule has 3 amide bonds. The highest BCUT2D eigenvalue weighted by atomic mass is 32.2. The molecule has 10 nitrogen and oxygen atoms in total. The van der Waals surface area contributed by atoms with E-state index in [9.17, 15) is 19.6 Å². The lowest BCUT2D eigenvalue weighted by atomic mass is 10.0. The van der Waals surface area contributed by atoms with Crippen LogP contribution in [-0.4, -0.2) is 102 Å². The Bertz CT molecular complexity index is 1240. The number of likely N-dealkylation sites (N-methyl/N-ethyl adjacent to an activating group) is 2. The van der Waals surface area contributed by atoms with Crippen LogP contribution in [0.4, 0.5) is 5.69 Å². The smallest absolute Gasteiger partial charge is 0.255 e. The van der Waals surface area contributed by atoms with Crippen LogP contribution in [0.25, 0.3) is 10.9 Å². The lowest BCUT2D eigenvalue weighted by Gasteiger charge is -2.22. The third-order valence-electron chi connectivity index (χ3n) is 7.04. The van der Waals surface area contributed by atoms with Gasteiger partial charge in [-0.2, -0.15) is 5.26 Å². The van der Waals surface area contributed by atoms with Gasteiger partial charge in [-0.15, -0.1) is 18.3 Å². The minimum Gasteiger partial charge on any atom is -0.385 e. The Morgan fingerprint density at radius 3 is 2.73 bits per heavy atom. The highest BCUT2D eigenvalue weighted by Gasteiger charge is 2.39. The van der Waals surface area contributed by atoms with Crippen LogP contribution >= 0.6 is 11.8 Å². The van der Waals surface area contributed by atoms with E-state index < -0.39 is 5.92 Å². The van der Waals surface area contributed by atoms with Gasteiger partial charge in [-0.05, 0) is 58.5 Å². The first-order valence-corrected chi connectivity index (χ1v) is 14.6. The average Bonchev–Trinajstić information content (AvgIpc) is 3.50. The summed E-state index contributed by atoms with van der Waals surface area (Å²) in [7, 11) is 5.78. The molecule has 1 aliphatic rings. The summed E-state index contributed by atoms with van der Waals surface area (Å²) in [6.07, 6.45) is 4.96. The van der Waals surface area contributed by atoms with Crippen molar-refractivity contribution in [3.8, 4) is 6.07 Å². The van der Waals surface area contributed by atoms with Crippen LogP contribution in [0.1, 0.15) is 36.5 Å². The fraction of sp³-hybridized carbons (Fsp3) is 0.517. The number of hydrogen-bond donors (Lipinski definition) is 3. The van der Waals surface area contributed by atoms with Crippen LogP contribution in [0.5, 0.6) is 0 Å². The molecule has 2 aromatic rings. The van der Waals surface area contributed by atoms with Crippen LogP contribution < -0.4 is 10.6 Å². The molecule has 1 aromatic heterocycles. The van der Waals surface area contributed by atoms with Crippen molar-refractivity contribution in [3.05, 3.63) is 42.6 Å². The number of carbonyl (C=O) groups excluding carboxylic acids is 3. The molecule has 40 heavy (non-hydrogen) atoms. The molecule has 2 heterocycles. The second kappa shape index (κ2) is 14.8. The molecule has 0 saturated carbocycles. The summed E-state index contributed by atoms with van der Waals surface area (Å²) in [6.45, 7) is 8.47. The van der Waals surface area contributed by atoms with Crippen molar-refractivity contribution in [1.29, 1.82) is 5.26 Å². The molecule has 1 saturated heterocycles. The lowest BCUT2D eigenvalue weighted by molar-refractivity contribution is -0.129. The van der Waals surface area contributed by atoms with Gasteiger partial charge in [0.2, 0.25) is 11.8 Å². The van der Waals surface area contributed by atoms with E-state index >= 15 is 0 Å². The molecule has 3 unspecified atom stereocenters. The number of nitriles is 1. The second-order valence-electron chi connectivity index (χ2n) is 10.2. The summed E-state index contributed by atoms with van der Waals surface area (Å²) < 4.78 is 0. The number of fused-ring (bicyclic) bond motifs is 1. The number of anilines is 1. The van der Waals surface area contributed by atoms with E-state index in [1.165, 1.54) is 0 Å². The number of carbonyl (C=O) groups is 3. The fourth-order valence-electron chi connectivity index (χ4n) is 4.69. The molecule has 0 bridgehead atoms. The molecule has 0 spiro atoms. The number of benzene rings is 1. The Hall–Kier alpha value is -3.49. The molecule has 216 valence electrons. The zero-order valence-electron chi connectivity index (χ0n) is 23.9. The Morgan fingerprint density at radius 1 is 1.27 bits per heavy atom. The van der Waals surface area contributed by atoms with E-state index in [0.29, 0.717) is 51.0 Å². The first-order chi connectivity index (χ1) is 19.2. The maximum absolute atomic E-state index is 13.1. The van der Waals surface area contributed by atoms with Gasteiger partial charge in [0.05, 0.1) is 22.3 Å². The number of aromatic nitrogens is 1. The molecule has 1 fully saturated rings. The van der Waals surface area contributed by atoms with Crippen molar-refractivity contribution in [2.75, 3.05) is 59.2 Å². The summed E-state index contributed by atoms with van der Waals surface area (Å²) in [5.41, 5.74) is 2.42. The standard InChI is InChI=1S/C29H41N7O3S/c1-6-13-32-27(37)20(18-30)8-11-26-36(7-2)29(39)25(40-26)12-14-31-21-9-10-24-22(17-21)23(19-33-24)28(38)35(5)16-15-34(3)4/h6,9-10,17,19-20,25-26,31,33H,1,7-8,11-16H2,2-5H3,(H,32,37). The van der Waals surface area contributed by atoms with Crippen LogP contribution in [0.2, 0.25) is 0 Å². The fourth-order valence-corrected chi connectivity index (χ4v) is 6.25. The molecule has 1 aliphatic heterocycles. The summed E-state index contributed by atoms with van der Waals surface area (Å²) in [5, 5.41) is 16.1. The number of thioether (sulfide) groups is 1. The van der Waals surface area contributed by atoms with Crippen LogP contribution in [0.15, 0.2) is 37.1 Å². The Morgan fingerprint density at radius 2 is 2.05 bits per heavy atom. The van der Waals surface area contributed by atoms with E-state index in [0.717, 1.165) is 23.1 Å². The lowest BCUT2D eigenvalue weighted by Crippen LogP contribution is -2.35. The van der Waals surface area contributed by atoms with Crippen molar-refractivity contribution in [2.45, 2.75) is 36.8 Å². The Balaban J connectivity index is 1.57. The van der Waals surface area contributed by atoms with Crippen molar-refractivity contribution >= 4 is 46.1 Å². The summed E-state index contributed by atoms with van der Waals surface area (Å²) in [4.78, 5) is 47.1. The molecule has 3 atom stereocenters. The Kier molecular flexibility index (Phi) is 11.5. The number of rotatable bonds is 15. The predicted molar refractivity (Wildman–Crippen MR) is 161 cm³/mol. The van der Waals surface area contributed by atoms with Gasteiger partial charge in [-0.25, -0.2) is 0 Å². The Labute approximate surface area is 241 Å². The highest BCUT2D eigenvalue weighted by molar-refractivity contribution is 8.01. The van der Waals surface area contributed by atoms with E-state index in [-0.39, 0.29) is 28.3 Å². The quantitative estimate of drug-likeness (QED) is 0.283. The summed E-state index contributed by atoms with van der Waals surface area (Å²) >= 11 is 1.61. The number of amides is 3. The van der Waals surface area contributed by atoms with Gasteiger partial charge < -0.3 is 30.3 Å². The maximum Gasteiger partial charge on any atom is 0.255 e. The molecule has 3 rings (SSSR count). The first kappa shape index (κ1) is 31.0.